The highest BCUT2D eigenvalue weighted by Crippen LogP contribution is 2.19. The molecule has 1 aromatic rings. The number of benzene rings is 1. The number of carbonyl (C=O) groups is 2. The van der Waals surface area contributed by atoms with Crippen LogP contribution in [0.2, 0.25) is 0 Å². The van der Waals surface area contributed by atoms with E-state index < -0.39 is 0 Å². The van der Waals surface area contributed by atoms with Gasteiger partial charge in [0, 0.05) is 23.8 Å². The Morgan fingerprint density at radius 1 is 1.12 bits per heavy atom. The molecular weight excluding hydrogens is 314 g/mol. The highest BCUT2D eigenvalue weighted by molar-refractivity contribution is 5.94. The van der Waals surface area contributed by atoms with Gasteiger partial charge in [0.15, 0.2) is 0 Å². The molecule has 5 nitrogen and oxygen atoms in total. The first-order valence-corrected chi connectivity index (χ1v) is 9.14. The normalized spacial score (nSPS) is 14.0. The fraction of sp³-hybridized carbons (Fsp3) is 0.500. The molecule has 3 N–H and O–H groups in total. The Morgan fingerprint density at radius 3 is 2.52 bits per heavy atom. The van der Waals surface area contributed by atoms with Crippen molar-refractivity contribution in [3.8, 4) is 0 Å². The van der Waals surface area contributed by atoms with E-state index >= 15 is 0 Å². The molecule has 0 heterocycles. The number of hydrogen-bond acceptors (Lipinski definition) is 3. The molecule has 2 amide bonds. The molecule has 0 saturated carbocycles. The van der Waals surface area contributed by atoms with Gasteiger partial charge in [0.1, 0.15) is 0 Å². The highest BCUT2D eigenvalue weighted by Gasteiger charge is 2.07. The van der Waals surface area contributed by atoms with Crippen molar-refractivity contribution < 1.29 is 9.59 Å². The Bertz CT molecular complexity index is 606. The van der Waals surface area contributed by atoms with Crippen molar-refractivity contribution in [3.05, 3.63) is 41.5 Å². The first-order valence-electron chi connectivity index (χ1n) is 9.14. The van der Waals surface area contributed by atoms with Crippen molar-refractivity contribution in [1.29, 1.82) is 0 Å². The predicted molar refractivity (Wildman–Crippen MR) is 102 cm³/mol. The topological polar surface area (TPSA) is 70.2 Å². The molecule has 136 valence electrons. The van der Waals surface area contributed by atoms with E-state index in [4.69, 9.17) is 0 Å². The van der Waals surface area contributed by atoms with Gasteiger partial charge in [-0.05, 0) is 70.2 Å². The van der Waals surface area contributed by atoms with E-state index in [2.05, 4.69) is 22.0 Å². The summed E-state index contributed by atoms with van der Waals surface area (Å²) in [7, 11) is 0. The second-order valence-corrected chi connectivity index (χ2v) is 6.77. The van der Waals surface area contributed by atoms with Gasteiger partial charge in [-0.15, -0.1) is 0 Å². The van der Waals surface area contributed by atoms with E-state index in [1.807, 2.05) is 26.0 Å². The van der Waals surface area contributed by atoms with Gasteiger partial charge in [-0.3, -0.25) is 9.59 Å². The fourth-order valence-electron chi connectivity index (χ4n) is 2.82. The second kappa shape index (κ2) is 9.87. The standard InChI is InChI=1S/C20H29N3O2/c1-15(2)23-20(25)17-8-10-18(11-9-17)22-14-19(24)21-13-12-16-6-4-3-5-7-16/h6,8-11,15,22H,3-5,7,12-14H2,1-2H3,(H,21,24)(H,23,25). The van der Waals surface area contributed by atoms with Gasteiger partial charge in [-0.2, -0.15) is 0 Å². The predicted octanol–water partition coefficient (Wildman–Crippen LogP) is 3.24. The lowest BCUT2D eigenvalue weighted by atomic mass is 9.97. The van der Waals surface area contributed by atoms with Crippen molar-refractivity contribution in [1.82, 2.24) is 10.6 Å². The van der Waals surface area contributed by atoms with E-state index in [1.54, 1.807) is 12.1 Å². The number of hydrogen-bond donors (Lipinski definition) is 3. The van der Waals surface area contributed by atoms with Crippen LogP contribution < -0.4 is 16.0 Å². The zero-order valence-electron chi connectivity index (χ0n) is 15.2. The number of amides is 2. The molecule has 1 aliphatic carbocycles. The van der Waals surface area contributed by atoms with Gasteiger partial charge < -0.3 is 16.0 Å². The number of carbonyl (C=O) groups excluding carboxylic acids is 2. The first-order chi connectivity index (χ1) is 12.0. The Hall–Kier alpha value is -2.30. The molecule has 5 heteroatoms. The van der Waals surface area contributed by atoms with E-state index in [0.717, 1.165) is 12.1 Å². The minimum atomic E-state index is -0.0867. The van der Waals surface area contributed by atoms with Crippen molar-refractivity contribution >= 4 is 17.5 Å². The molecule has 0 atom stereocenters. The first kappa shape index (κ1) is 19.0. The van der Waals surface area contributed by atoms with Crippen LogP contribution in [-0.4, -0.2) is 30.9 Å². The smallest absolute Gasteiger partial charge is 0.251 e. The molecule has 25 heavy (non-hydrogen) atoms. The average Bonchev–Trinajstić information content (AvgIpc) is 2.61. The van der Waals surface area contributed by atoms with Crippen LogP contribution in [0.15, 0.2) is 35.9 Å². The van der Waals surface area contributed by atoms with Crippen LogP contribution in [0.4, 0.5) is 5.69 Å². The van der Waals surface area contributed by atoms with E-state index in [9.17, 15) is 9.59 Å². The summed E-state index contributed by atoms with van der Waals surface area (Å²) in [5.74, 6) is -0.102. The van der Waals surface area contributed by atoms with Gasteiger partial charge in [0.2, 0.25) is 5.91 Å². The minimum absolute atomic E-state index is 0.0157. The average molecular weight is 343 g/mol. The number of nitrogens with one attached hydrogen (secondary N) is 3. The molecule has 0 fully saturated rings. The number of allylic oxidation sites excluding steroid dienone is 1. The largest absolute Gasteiger partial charge is 0.376 e. The lowest BCUT2D eigenvalue weighted by Crippen LogP contribution is -2.31. The lowest BCUT2D eigenvalue weighted by Gasteiger charge is -2.13. The molecule has 1 aromatic carbocycles. The third-order valence-electron chi connectivity index (χ3n) is 4.17. The SMILES string of the molecule is CC(C)NC(=O)c1ccc(NCC(=O)NCCC2=CCCCC2)cc1. The van der Waals surface area contributed by atoms with Crippen LogP contribution in [0.1, 0.15) is 56.3 Å². The van der Waals surface area contributed by atoms with Crippen LogP contribution in [0, 0.1) is 0 Å². The van der Waals surface area contributed by atoms with Gasteiger partial charge >= 0.3 is 0 Å². The van der Waals surface area contributed by atoms with Crippen molar-refractivity contribution in [2.45, 2.75) is 52.0 Å². The van der Waals surface area contributed by atoms with E-state index in [0.29, 0.717) is 12.1 Å². The molecule has 0 bridgehead atoms. The summed E-state index contributed by atoms with van der Waals surface area (Å²) >= 11 is 0. The summed E-state index contributed by atoms with van der Waals surface area (Å²) in [4.78, 5) is 23.8. The van der Waals surface area contributed by atoms with Gasteiger partial charge in [-0.25, -0.2) is 0 Å². The van der Waals surface area contributed by atoms with E-state index in [-0.39, 0.29) is 24.4 Å². The third kappa shape index (κ3) is 6.99. The fourth-order valence-corrected chi connectivity index (χ4v) is 2.82. The Balaban J connectivity index is 1.68. The maximum atomic E-state index is 11.9. The summed E-state index contributed by atoms with van der Waals surface area (Å²) in [6.07, 6.45) is 8.17. The summed E-state index contributed by atoms with van der Waals surface area (Å²) in [5, 5.41) is 8.88. The van der Waals surface area contributed by atoms with Gasteiger partial charge in [0.25, 0.3) is 5.91 Å². The molecule has 0 aromatic heterocycles. The van der Waals surface area contributed by atoms with Crippen LogP contribution in [0.25, 0.3) is 0 Å². The van der Waals surface area contributed by atoms with Crippen molar-refractivity contribution in [2.75, 3.05) is 18.4 Å². The van der Waals surface area contributed by atoms with Crippen molar-refractivity contribution in [3.63, 3.8) is 0 Å². The molecule has 0 aliphatic heterocycles. The molecule has 2 rings (SSSR count). The Morgan fingerprint density at radius 2 is 1.88 bits per heavy atom. The quantitative estimate of drug-likeness (QED) is 0.635. The Kier molecular flexibility index (Phi) is 7.51. The summed E-state index contributed by atoms with van der Waals surface area (Å²) < 4.78 is 0. The van der Waals surface area contributed by atoms with E-state index in [1.165, 1.54) is 31.3 Å². The lowest BCUT2D eigenvalue weighted by molar-refractivity contribution is -0.119. The molecular formula is C20H29N3O2. The second-order valence-electron chi connectivity index (χ2n) is 6.77. The van der Waals surface area contributed by atoms with Crippen molar-refractivity contribution in [2.24, 2.45) is 0 Å². The zero-order chi connectivity index (χ0) is 18.1. The van der Waals surface area contributed by atoms with Crippen LogP contribution >= 0.6 is 0 Å². The summed E-state index contributed by atoms with van der Waals surface area (Å²) in [6, 6.07) is 7.25. The maximum Gasteiger partial charge on any atom is 0.251 e. The third-order valence-corrected chi connectivity index (χ3v) is 4.17. The van der Waals surface area contributed by atoms with Crippen LogP contribution in [0.3, 0.4) is 0 Å². The molecule has 1 aliphatic rings. The van der Waals surface area contributed by atoms with Gasteiger partial charge in [-0.1, -0.05) is 11.6 Å². The monoisotopic (exact) mass is 343 g/mol. The molecule has 0 spiro atoms. The molecule has 0 radical (unpaired) electrons. The molecule has 0 saturated heterocycles. The number of rotatable bonds is 8. The van der Waals surface area contributed by atoms with Gasteiger partial charge in [0.05, 0.1) is 6.54 Å². The minimum Gasteiger partial charge on any atom is -0.376 e. The maximum absolute atomic E-state index is 11.9. The highest BCUT2D eigenvalue weighted by atomic mass is 16.2. The van der Waals surface area contributed by atoms with Crippen LogP contribution in [0.5, 0.6) is 0 Å². The number of anilines is 1. The zero-order valence-corrected chi connectivity index (χ0v) is 15.2. The Labute approximate surface area is 150 Å². The van der Waals surface area contributed by atoms with Crippen LogP contribution in [-0.2, 0) is 4.79 Å². The molecule has 0 unspecified atom stereocenters. The summed E-state index contributed by atoms with van der Waals surface area (Å²) in [6.45, 7) is 4.78. The summed E-state index contributed by atoms with van der Waals surface area (Å²) in [5.41, 5.74) is 2.91.